The van der Waals surface area contributed by atoms with Gasteiger partial charge in [0.15, 0.2) is 36.7 Å². The van der Waals surface area contributed by atoms with Gasteiger partial charge in [-0.05, 0) is 54.4 Å². The molecule has 0 unspecified atom stereocenters. The summed E-state index contributed by atoms with van der Waals surface area (Å²) < 4.78 is 30.0. The molecule has 0 aromatic carbocycles. The van der Waals surface area contributed by atoms with Crippen molar-refractivity contribution in [1.29, 1.82) is 0 Å². The lowest BCUT2D eigenvalue weighted by Crippen LogP contribution is -2.54. The maximum absolute atomic E-state index is 12.7. The summed E-state index contributed by atoms with van der Waals surface area (Å²) in [6.07, 6.45) is -0.0765. The molecule has 4 atom stereocenters. The summed E-state index contributed by atoms with van der Waals surface area (Å²) in [5, 5.41) is 0.00517. The van der Waals surface area contributed by atoms with E-state index in [-0.39, 0.29) is 38.7 Å². The second-order valence-electron chi connectivity index (χ2n) is 16.3. The minimum Gasteiger partial charge on any atom is -0.414 e. The number of pyridine rings is 1. The van der Waals surface area contributed by atoms with Gasteiger partial charge in [0.25, 0.3) is 5.56 Å². The minimum absolute atomic E-state index is 0.0130. The van der Waals surface area contributed by atoms with Crippen molar-refractivity contribution in [3.05, 3.63) is 22.7 Å². The van der Waals surface area contributed by atoms with Crippen molar-refractivity contribution in [3.8, 4) is 0 Å². The van der Waals surface area contributed by atoms with Crippen molar-refractivity contribution in [1.82, 2.24) is 14.5 Å². The molecular formula is C29H56N4O5Si3. The van der Waals surface area contributed by atoms with Crippen molar-refractivity contribution in [3.63, 3.8) is 0 Å². The lowest BCUT2D eigenvalue weighted by atomic mass is 10.1. The number of nitrogen functional groups attached to an aromatic ring is 1. The Morgan fingerprint density at radius 1 is 0.878 bits per heavy atom. The Kier molecular flexibility index (Phi) is 9.18. The largest absolute Gasteiger partial charge is 0.414 e. The number of nitrogens with one attached hydrogen (secondary N) is 1. The van der Waals surface area contributed by atoms with Crippen LogP contribution in [0, 0.1) is 0 Å². The van der Waals surface area contributed by atoms with Gasteiger partial charge in [-0.25, -0.2) is 4.98 Å². The molecule has 0 amide bonds. The molecule has 3 heterocycles. The van der Waals surface area contributed by atoms with Gasteiger partial charge in [0.1, 0.15) is 24.1 Å². The second-order valence-corrected chi connectivity index (χ2v) is 30.6. The Morgan fingerprint density at radius 2 is 1.37 bits per heavy atom. The van der Waals surface area contributed by atoms with E-state index in [1.165, 1.54) is 0 Å². The van der Waals surface area contributed by atoms with Gasteiger partial charge >= 0.3 is 0 Å². The van der Waals surface area contributed by atoms with Crippen molar-refractivity contribution in [2.45, 2.75) is 141 Å². The van der Waals surface area contributed by atoms with Gasteiger partial charge < -0.3 is 33.3 Å². The Balaban J connectivity index is 2.18. The number of aromatic amines is 1. The van der Waals surface area contributed by atoms with Crippen LogP contribution >= 0.6 is 0 Å². The normalized spacial score (nSPS) is 23.5. The first kappa shape index (κ1) is 34.2. The monoisotopic (exact) mass is 624 g/mol. The van der Waals surface area contributed by atoms with Crippen LogP contribution in [0.3, 0.4) is 0 Å². The SMILES string of the molecule is CC(C)(C)[Si](C)(C)OC[C@H]1O[C@@H](n2cnc3c(=O)[nH]c(N)cc32)[C@H](O[Si](C)(C)C(C)(C)C)[C@@H]1O[Si](C)(C)C(C)(C)C. The minimum atomic E-state index is -2.30. The molecule has 1 saturated heterocycles. The number of hydrogen-bond acceptors (Lipinski definition) is 7. The predicted molar refractivity (Wildman–Crippen MR) is 176 cm³/mol. The van der Waals surface area contributed by atoms with Crippen molar-refractivity contribution < 1.29 is 18.0 Å². The van der Waals surface area contributed by atoms with Crippen molar-refractivity contribution >= 4 is 41.8 Å². The van der Waals surface area contributed by atoms with E-state index in [1.807, 2.05) is 4.57 Å². The van der Waals surface area contributed by atoms with E-state index in [0.29, 0.717) is 17.6 Å². The fourth-order valence-electron chi connectivity index (χ4n) is 4.14. The number of rotatable bonds is 8. The summed E-state index contributed by atoms with van der Waals surface area (Å²) in [5.41, 5.74) is 6.67. The molecule has 0 radical (unpaired) electrons. The molecule has 0 bridgehead atoms. The average Bonchev–Trinajstić information content (AvgIpc) is 3.31. The van der Waals surface area contributed by atoms with Crippen LogP contribution in [0.5, 0.6) is 0 Å². The molecule has 1 aliphatic rings. The number of imidazole rings is 1. The average molecular weight is 625 g/mol. The van der Waals surface area contributed by atoms with E-state index in [0.717, 1.165) is 0 Å². The van der Waals surface area contributed by atoms with Gasteiger partial charge in [0.05, 0.1) is 18.5 Å². The Morgan fingerprint density at radius 3 is 1.85 bits per heavy atom. The zero-order chi connectivity index (χ0) is 31.6. The van der Waals surface area contributed by atoms with Gasteiger partial charge in [-0.15, -0.1) is 0 Å². The molecular weight excluding hydrogens is 569 g/mol. The molecule has 41 heavy (non-hydrogen) atoms. The van der Waals surface area contributed by atoms with E-state index in [4.69, 9.17) is 23.7 Å². The molecule has 234 valence electrons. The summed E-state index contributed by atoms with van der Waals surface area (Å²) in [7, 11) is -6.64. The summed E-state index contributed by atoms with van der Waals surface area (Å²) in [5.74, 6) is 0.274. The van der Waals surface area contributed by atoms with Crippen LogP contribution in [0.1, 0.15) is 68.5 Å². The van der Waals surface area contributed by atoms with Gasteiger partial charge in [-0.1, -0.05) is 62.3 Å². The maximum atomic E-state index is 12.7. The van der Waals surface area contributed by atoms with Crippen LogP contribution in [0.25, 0.3) is 11.0 Å². The number of aromatic nitrogens is 3. The first-order valence-corrected chi connectivity index (χ1v) is 23.5. The molecule has 3 N–H and O–H groups in total. The maximum Gasteiger partial charge on any atom is 0.277 e. The molecule has 9 nitrogen and oxygen atoms in total. The van der Waals surface area contributed by atoms with E-state index in [2.05, 4.69) is 112 Å². The molecule has 3 rings (SSSR count). The quantitative estimate of drug-likeness (QED) is 0.304. The Hall–Kier alpha value is -1.29. The number of nitrogens with two attached hydrogens (primary N) is 1. The number of nitrogens with zero attached hydrogens (tertiary/aromatic N) is 2. The topological polar surface area (TPSA) is 114 Å². The number of hydrogen-bond donors (Lipinski definition) is 2. The van der Waals surface area contributed by atoms with Gasteiger partial charge in [0.2, 0.25) is 0 Å². The zero-order valence-electron chi connectivity index (χ0n) is 28.2. The van der Waals surface area contributed by atoms with E-state index in [1.54, 1.807) is 12.4 Å². The lowest BCUT2D eigenvalue weighted by Gasteiger charge is -2.44. The van der Waals surface area contributed by atoms with E-state index >= 15 is 0 Å². The highest BCUT2D eigenvalue weighted by atomic mass is 28.4. The lowest BCUT2D eigenvalue weighted by molar-refractivity contribution is -0.0468. The van der Waals surface area contributed by atoms with Crippen LogP contribution in [0.2, 0.25) is 54.4 Å². The highest BCUT2D eigenvalue weighted by Crippen LogP contribution is 2.47. The number of anilines is 1. The van der Waals surface area contributed by atoms with Crippen LogP contribution in [-0.4, -0.2) is 64.4 Å². The summed E-state index contributed by atoms with van der Waals surface area (Å²) in [6, 6.07) is 1.74. The van der Waals surface area contributed by atoms with Gasteiger partial charge in [-0.2, -0.15) is 0 Å². The highest BCUT2D eigenvalue weighted by molar-refractivity contribution is 6.75. The number of H-pyrrole nitrogens is 1. The van der Waals surface area contributed by atoms with Crippen LogP contribution in [0.15, 0.2) is 17.2 Å². The molecule has 2 aromatic heterocycles. The van der Waals surface area contributed by atoms with Crippen LogP contribution in [0.4, 0.5) is 5.82 Å². The summed E-state index contributed by atoms with van der Waals surface area (Å²) >= 11 is 0. The van der Waals surface area contributed by atoms with Crippen molar-refractivity contribution in [2.75, 3.05) is 12.3 Å². The molecule has 0 aliphatic carbocycles. The first-order valence-electron chi connectivity index (χ1n) is 14.8. The fraction of sp³-hybridized carbons (Fsp3) is 0.793. The third-order valence-electron chi connectivity index (χ3n) is 10.0. The smallest absolute Gasteiger partial charge is 0.277 e. The number of ether oxygens (including phenoxy) is 1. The fourth-order valence-corrected chi connectivity index (χ4v) is 7.76. The Labute approximate surface area is 250 Å². The third kappa shape index (κ3) is 6.94. The third-order valence-corrected chi connectivity index (χ3v) is 23.5. The van der Waals surface area contributed by atoms with Crippen molar-refractivity contribution in [2.24, 2.45) is 0 Å². The molecule has 0 spiro atoms. The zero-order valence-corrected chi connectivity index (χ0v) is 31.2. The predicted octanol–water partition coefficient (Wildman–Crippen LogP) is 7.01. The van der Waals surface area contributed by atoms with Crippen LogP contribution in [-0.2, 0) is 18.0 Å². The van der Waals surface area contributed by atoms with Gasteiger partial charge in [-0.3, -0.25) is 4.79 Å². The highest BCUT2D eigenvalue weighted by Gasteiger charge is 2.55. The summed E-state index contributed by atoms with van der Waals surface area (Å²) in [4.78, 5) is 19.8. The second kappa shape index (κ2) is 11.0. The number of fused-ring (bicyclic) bond motifs is 1. The molecule has 1 fully saturated rings. The van der Waals surface area contributed by atoms with E-state index < -0.39 is 37.3 Å². The standard InChI is InChI=1S/C29H56N4O5Si3/c1-27(2,3)39(10,11)35-17-20-23(37-40(12,13)28(4,5)6)24(38-41(14,15)29(7,8)9)26(36-20)33-18-31-22-19(33)16-21(30)32-25(22)34/h16,18,20,23-24,26H,17H2,1-15H3,(H3,30,32,34)/t20-,23-,24-,26-/m1/s1. The van der Waals surface area contributed by atoms with Crippen LogP contribution < -0.4 is 11.3 Å². The first-order chi connectivity index (χ1) is 18.3. The van der Waals surface area contributed by atoms with E-state index in [9.17, 15) is 4.79 Å². The molecule has 12 heteroatoms. The molecule has 0 saturated carbocycles. The summed E-state index contributed by atoms with van der Waals surface area (Å²) in [6.45, 7) is 34.1. The molecule has 2 aromatic rings. The molecule has 1 aliphatic heterocycles. The van der Waals surface area contributed by atoms with Gasteiger partial charge in [0, 0.05) is 6.07 Å². The Bertz CT molecular complexity index is 1280.